The van der Waals surface area contributed by atoms with E-state index in [0.29, 0.717) is 11.5 Å². The van der Waals surface area contributed by atoms with Crippen LogP contribution in [0.4, 0.5) is 22.7 Å². The van der Waals surface area contributed by atoms with Gasteiger partial charge in [0.2, 0.25) is 0 Å². The Morgan fingerprint density at radius 1 is 0.523 bits per heavy atom. The van der Waals surface area contributed by atoms with E-state index in [0.717, 1.165) is 85.5 Å². The molecule has 0 saturated heterocycles. The summed E-state index contributed by atoms with van der Waals surface area (Å²) in [6.45, 7) is 2.18. The standard InChI is InChI=1S/C59H43N4O.Pt/c1-4-18-42(19-5-1)49-27-17-28-50(43-20-6-2-7-21-43)58(49)62-41-61(54-30-12-13-31-55(54)62)46-24-16-25-47(39-46)64-48-32-33-52-51-26-10-11-29-53(51)63(56(52)40-48)57-38-45(34-37-60-57)59(35-14-15-36-59)44-22-8-3-9-23-44;/h1-13,16-34,37-38,41H,14-15,35-36H2;/q-3;. The van der Waals surface area contributed by atoms with E-state index >= 15 is 0 Å². The summed E-state index contributed by atoms with van der Waals surface area (Å²) in [6, 6.07) is 78.0. The van der Waals surface area contributed by atoms with Gasteiger partial charge in [-0.25, -0.2) is 4.98 Å². The Hall–Kier alpha value is -7.20. The molecule has 0 unspecified atom stereocenters. The molecule has 1 fully saturated rings. The zero-order chi connectivity index (χ0) is 42.5. The van der Waals surface area contributed by atoms with Crippen LogP contribution in [-0.4, -0.2) is 9.55 Å². The van der Waals surface area contributed by atoms with Gasteiger partial charge in [0.1, 0.15) is 5.82 Å². The van der Waals surface area contributed by atoms with Crippen molar-refractivity contribution in [2.45, 2.75) is 31.1 Å². The molecule has 0 amide bonds. The average molecular weight is 1020 g/mol. The molecule has 65 heavy (non-hydrogen) atoms. The SMILES string of the molecule is [Pt].[c-]1c(Oc2[c-]c3c(cc2)c2ccccc2n3-c2cc(C3(c4ccccc4)CCCC3)ccn2)cccc1N1[CH-]N(c2c(-c3ccccc3)cccc2-c2ccccc2)c2ccccc21. The molecule has 1 aliphatic carbocycles. The Morgan fingerprint density at radius 3 is 1.86 bits per heavy atom. The minimum atomic E-state index is -0.0314. The van der Waals surface area contributed by atoms with Crippen molar-refractivity contribution in [1.82, 2.24) is 9.55 Å². The molecule has 1 aliphatic heterocycles. The molecule has 0 atom stereocenters. The van der Waals surface area contributed by atoms with Crippen molar-refractivity contribution in [3.8, 4) is 39.6 Å². The van der Waals surface area contributed by atoms with Crippen molar-refractivity contribution in [2.75, 3.05) is 9.80 Å². The van der Waals surface area contributed by atoms with Crippen LogP contribution < -0.4 is 14.5 Å². The van der Waals surface area contributed by atoms with Crippen LogP contribution in [-0.2, 0) is 26.5 Å². The summed E-state index contributed by atoms with van der Waals surface area (Å²) in [6.07, 6.45) is 6.66. The van der Waals surface area contributed by atoms with Crippen LogP contribution in [0.5, 0.6) is 11.5 Å². The maximum Gasteiger partial charge on any atom is 0.135 e. The maximum atomic E-state index is 6.71. The fraction of sp³-hybridized carbons (Fsp3) is 0.0847. The second kappa shape index (κ2) is 17.1. The number of hydrogen-bond donors (Lipinski definition) is 0. The van der Waals surface area contributed by atoms with E-state index in [1.165, 1.54) is 24.0 Å². The van der Waals surface area contributed by atoms with Crippen LogP contribution in [0.3, 0.4) is 0 Å². The van der Waals surface area contributed by atoms with Crippen LogP contribution >= 0.6 is 0 Å². The normalized spacial score (nSPS) is 14.1. The van der Waals surface area contributed by atoms with Crippen LogP contribution in [0, 0.1) is 18.8 Å². The molecule has 12 rings (SSSR count). The Morgan fingerprint density at radius 2 is 1.14 bits per heavy atom. The number of benzene rings is 8. The molecule has 0 bridgehead atoms. The zero-order valence-electron chi connectivity index (χ0n) is 35.5. The van der Waals surface area contributed by atoms with Crippen molar-refractivity contribution in [2.24, 2.45) is 0 Å². The third kappa shape index (κ3) is 7.12. The number of anilines is 4. The molecular formula is C59H43N4OPt-3. The molecule has 2 aromatic heterocycles. The first kappa shape index (κ1) is 40.6. The molecule has 0 spiro atoms. The predicted octanol–water partition coefficient (Wildman–Crippen LogP) is 15.2. The van der Waals surface area contributed by atoms with Gasteiger partial charge in [-0.3, -0.25) is 0 Å². The molecule has 318 valence electrons. The van der Waals surface area contributed by atoms with Crippen LogP contribution in [0.15, 0.2) is 206 Å². The van der Waals surface area contributed by atoms with Crippen molar-refractivity contribution >= 4 is 44.6 Å². The second-order valence-electron chi connectivity index (χ2n) is 16.8. The molecule has 0 radical (unpaired) electrons. The van der Waals surface area contributed by atoms with Crippen molar-refractivity contribution in [3.63, 3.8) is 0 Å². The second-order valence-corrected chi connectivity index (χ2v) is 16.8. The van der Waals surface area contributed by atoms with Gasteiger partial charge in [0.15, 0.2) is 0 Å². The zero-order valence-corrected chi connectivity index (χ0v) is 37.8. The third-order valence-electron chi connectivity index (χ3n) is 13.2. The molecular weight excluding hydrogens is 976 g/mol. The first-order valence-electron chi connectivity index (χ1n) is 22.2. The molecule has 1 saturated carbocycles. The number of hydrogen-bond acceptors (Lipinski definition) is 4. The van der Waals surface area contributed by atoms with E-state index < -0.39 is 0 Å². The Labute approximate surface area is 394 Å². The molecule has 5 nitrogen and oxygen atoms in total. The minimum absolute atomic E-state index is 0. The molecule has 3 heterocycles. The Bertz CT molecular complexity index is 3250. The van der Waals surface area contributed by atoms with Crippen LogP contribution in [0.1, 0.15) is 36.8 Å². The smallest absolute Gasteiger partial charge is 0.135 e. The number of aromatic nitrogens is 2. The fourth-order valence-electron chi connectivity index (χ4n) is 10.2. The fourth-order valence-corrected chi connectivity index (χ4v) is 10.2. The number of para-hydroxylation sites is 4. The van der Waals surface area contributed by atoms with Gasteiger partial charge in [-0.2, -0.15) is 12.1 Å². The van der Waals surface area contributed by atoms with E-state index in [1.54, 1.807) is 0 Å². The van der Waals surface area contributed by atoms with E-state index in [4.69, 9.17) is 9.72 Å². The van der Waals surface area contributed by atoms with Gasteiger partial charge in [0.05, 0.1) is 0 Å². The monoisotopic (exact) mass is 1020 g/mol. The van der Waals surface area contributed by atoms with Crippen molar-refractivity contribution < 1.29 is 25.8 Å². The van der Waals surface area contributed by atoms with Gasteiger partial charge in [0, 0.05) is 77.9 Å². The number of fused-ring (bicyclic) bond motifs is 4. The van der Waals surface area contributed by atoms with Gasteiger partial charge in [-0.05, 0) is 70.8 Å². The summed E-state index contributed by atoms with van der Waals surface area (Å²) in [5.74, 6) is 2.08. The molecule has 6 heteroatoms. The number of nitrogens with zero attached hydrogens (tertiary/aromatic N) is 4. The number of rotatable bonds is 9. The molecule has 0 N–H and O–H groups in total. The Kier molecular flexibility index (Phi) is 10.6. The quantitative estimate of drug-likeness (QED) is 0.135. The molecule has 8 aromatic carbocycles. The predicted molar refractivity (Wildman–Crippen MR) is 261 cm³/mol. The summed E-state index contributed by atoms with van der Waals surface area (Å²) >= 11 is 0. The van der Waals surface area contributed by atoms with Crippen molar-refractivity contribution in [3.05, 3.63) is 236 Å². The summed E-state index contributed by atoms with van der Waals surface area (Å²) < 4.78 is 8.95. The van der Waals surface area contributed by atoms with E-state index in [9.17, 15) is 0 Å². The average Bonchev–Trinajstić information content (AvgIpc) is 4.10. The number of pyridine rings is 1. The Balaban J connectivity index is 0.00000469. The van der Waals surface area contributed by atoms with Gasteiger partial charge in [-0.15, -0.1) is 48.1 Å². The van der Waals surface area contributed by atoms with E-state index in [1.807, 2.05) is 24.4 Å². The summed E-state index contributed by atoms with van der Waals surface area (Å²) in [5.41, 5.74) is 13.4. The minimum Gasteiger partial charge on any atom is -0.509 e. The van der Waals surface area contributed by atoms with Crippen LogP contribution in [0.25, 0.3) is 49.9 Å². The summed E-state index contributed by atoms with van der Waals surface area (Å²) in [4.78, 5) is 9.54. The molecule has 2 aliphatic rings. The van der Waals surface area contributed by atoms with E-state index in [-0.39, 0.29) is 26.5 Å². The van der Waals surface area contributed by atoms with Gasteiger partial charge >= 0.3 is 0 Å². The maximum absolute atomic E-state index is 6.71. The van der Waals surface area contributed by atoms with Gasteiger partial charge < -0.3 is 19.1 Å². The topological polar surface area (TPSA) is 33.5 Å². The largest absolute Gasteiger partial charge is 0.509 e. The van der Waals surface area contributed by atoms with E-state index in [2.05, 4.69) is 215 Å². The summed E-state index contributed by atoms with van der Waals surface area (Å²) in [5, 5.41) is 2.25. The van der Waals surface area contributed by atoms with Crippen LogP contribution in [0.2, 0.25) is 0 Å². The van der Waals surface area contributed by atoms with Gasteiger partial charge in [0.25, 0.3) is 0 Å². The van der Waals surface area contributed by atoms with Gasteiger partial charge in [-0.1, -0.05) is 158 Å². The first-order valence-corrected chi connectivity index (χ1v) is 22.2. The van der Waals surface area contributed by atoms with Crippen molar-refractivity contribution in [1.29, 1.82) is 0 Å². The molecule has 10 aromatic rings. The summed E-state index contributed by atoms with van der Waals surface area (Å²) in [7, 11) is 0. The first-order chi connectivity index (χ1) is 31.7. The number of ether oxygens (including phenoxy) is 1. The third-order valence-corrected chi connectivity index (χ3v) is 13.2.